The number of hydrogen-bond acceptors (Lipinski definition) is 5. The third kappa shape index (κ3) is 4.04. The van der Waals surface area contributed by atoms with E-state index in [0.29, 0.717) is 16.6 Å². The minimum Gasteiger partial charge on any atom is -0.465 e. The van der Waals surface area contributed by atoms with Crippen LogP contribution in [0.15, 0.2) is 65.2 Å². The van der Waals surface area contributed by atoms with Crippen molar-refractivity contribution in [3.05, 3.63) is 78.1 Å². The van der Waals surface area contributed by atoms with Gasteiger partial charge < -0.3 is 19.4 Å². The summed E-state index contributed by atoms with van der Waals surface area (Å²) in [6.07, 6.45) is 1.71. The van der Waals surface area contributed by atoms with E-state index in [1.54, 1.807) is 30.2 Å². The maximum Gasteiger partial charge on any atom is 0.325 e. The molecule has 0 radical (unpaired) electrons. The van der Waals surface area contributed by atoms with Gasteiger partial charge in [-0.05, 0) is 67.7 Å². The molecular weight excluding hydrogens is 405 g/mol. The molecule has 8 heteroatoms. The molecule has 1 saturated heterocycles. The van der Waals surface area contributed by atoms with Crippen molar-refractivity contribution in [3.8, 4) is 11.3 Å². The van der Waals surface area contributed by atoms with E-state index in [0.717, 1.165) is 11.3 Å². The first-order chi connectivity index (χ1) is 14.6. The second kappa shape index (κ2) is 8.62. The number of nitrogens with zero attached hydrogens (tertiary/aromatic N) is 2. The Morgan fingerprint density at radius 1 is 1.23 bits per heavy atom. The highest BCUT2D eigenvalue weighted by Gasteiger charge is 2.42. The Kier molecular flexibility index (Phi) is 5.76. The van der Waals surface area contributed by atoms with Crippen LogP contribution in [-0.4, -0.2) is 34.1 Å². The van der Waals surface area contributed by atoms with Crippen LogP contribution < -0.4 is 5.32 Å². The summed E-state index contributed by atoms with van der Waals surface area (Å²) in [6.45, 7) is 2.03. The topological polar surface area (TPSA) is 67.6 Å². The van der Waals surface area contributed by atoms with Crippen molar-refractivity contribution >= 4 is 23.3 Å². The zero-order valence-corrected chi connectivity index (χ0v) is 17.1. The molecule has 4 rings (SSSR count). The van der Waals surface area contributed by atoms with Crippen LogP contribution in [0.3, 0.4) is 0 Å². The highest BCUT2D eigenvalue weighted by molar-refractivity contribution is 7.80. The summed E-state index contributed by atoms with van der Waals surface area (Å²) in [4.78, 5) is 18.4. The fraction of sp³-hybridized carbons (Fsp3) is 0.227. The number of ether oxygens (including phenoxy) is 1. The average Bonchev–Trinajstić information content (AvgIpc) is 3.35. The van der Waals surface area contributed by atoms with E-state index in [-0.39, 0.29) is 31.0 Å². The molecule has 0 amide bonds. The van der Waals surface area contributed by atoms with E-state index in [4.69, 9.17) is 21.4 Å². The molecule has 1 aliphatic heterocycles. The molecule has 2 aromatic heterocycles. The van der Waals surface area contributed by atoms with E-state index in [9.17, 15) is 9.18 Å². The quantitative estimate of drug-likeness (QED) is 0.473. The first-order valence-corrected chi connectivity index (χ1v) is 9.97. The largest absolute Gasteiger partial charge is 0.465 e. The van der Waals surface area contributed by atoms with Gasteiger partial charge in [0.05, 0.1) is 18.3 Å². The summed E-state index contributed by atoms with van der Waals surface area (Å²) >= 11 is 5.51. The number of halogens is 1. The van der Waals surface area contributed by atoms with Gasteiger partial charge in [0.25, 0.3) is 0 Å². The number of nitrogens with one attached hydrogen (secondary N) is 1. The Balaban J connectivity index is 1.70. The van der Waals surface area contributed by atoms with E-state index < -0.39 is 6.04 Å². The summed E-state index contributed by atoms with van der Waals surface area (Å²) in [7, 11) is 0. The molecule has 6 nitrogen and oxygen atoms in total. The monoisotopic (exact) mass is 425 g/mol. The van der Waals surface area contributed by atoms with Crippen LogP contribution in [0.2, 0.25) is 0 Å². The first-order valence-electron chi connectivity index (χ1n) is 9.56. The molecule has 1 fully saturated rings. The zero-order valence-electron chi connectivity index (χ0n) is 16.2. The van der Waals surface area contributed by atoms with Crippen molar-refractivity contribution in [3.63, 3.8) is 0 Å². The van der Waals surface area contributed by atoms with Crippen LogP contribution >= 0.6 is 12.2 Å². The number of thiocarbonyl (C=S) groups is 1. The van der Waals surface area contributed by atoms with E-state index >= 15 is 0 Å². The Morgan fingerprint density at radius 2 is 2.03 bits per heavy atom. The van der Waals surface area contributed by atoms with Crippen LogP contribution in [-0.2, 0) is 9.53 Å². The Labute approximate surface area is 178 Å². The van der Waals surface area contributed by atoms with Crippen LogP contribution in [0.1, 0.15) is 30.5 Å². The molecule has 30 heavy (non-hydrogen) atoms. The Bertz CT molecular complexity index is 1040. The van der Waals surface area contributed by atoms with Crippen molar-refractivity contribution in [2.75, 3.05) is 13.2 Å². The standard InChI is InChI=1S/C22H20FN3O3S/c1-2-28-19(27)13-26-21(20(25-22(26)30)16-5-3-4-12-24-16)18-11-10-17(29-18)14-6-8-15(23)9-7-14/h3-12,20-21H,2,13H2,1H3,(H,25,30)/t20-,21+/m0/s1. The lowest BCUT2D eigenvalue weighted by Gasteiger charge is -2.25. The fourth-order valence-corrected chi connectivity index (χ4v) is 3.82. The molecule has 0 saturated carbocycles. The predicted octanol–water partition coefficient (Wildman–Crippen LogP) is 4.02. The van der Waals surface area contributed by atoms with Crippen molar-refractivity contribution in [2.24, 2.45) is 0 Å². The molecule has 0 spiro atoms. The van der Waals surface area contributed by atoms with Crippen LogP contribution in [0.4, 0.5) is 4.39 Å². The smallest absolute Gasteiger partial charge is 0.325 e. The van der Waals surface area contributed by atoms with Gasteiger partial charge in [0.1, 0.15) is 29.9 Å². The number of carbonyl (C=O) groups is 1. The number of rotatable bonds is 6. The summed E-state index contributed by atoms with van der Waals surface area (Å²) in [5.41, 5.74) is 1.53. The molecule has 154 valence electrons. The van der Waals surface area contributed by atoms with Crippen molar-refractivity contribution in [2.45, 2.75) is 19.0 Å². The molecule has 0 unspecified atom stereocenters. The minimum absolute atomic E-state index is 0.0136. The number of esters is 1. The highest BCUT2D eigenvalue weighted by atomic mass is 32.1. The maximum atomic E-state index is 13.3. The molecule has 1 N–H and O–H groups in total. The van der Waals surface area contributed by atoms with Gasteiger partial charge in [-0.3, -0.25) is 9.78 Å². The molecular formula is C22H20FN3O3S. The number of pyridine rings is 1. The average molecular weight is 425 g/mol. The van der Waals surface area contributed by atoms with Gasteiger partial charge in [-0.25, -0.2) is 4.39 Å². The molecule has 2 atom stereocenters. The van der Waals surface area contributed by atoms with E-state index in [1.165, 1.54) is 12.1 Å². The van der Waals surface area contributed by atoms with Gasteiger partial charge in [-0.1, -0.05) is 6.07 Å². The van der Waals surface area contributed by atoms with Gasteiger partial charge in [0.15, 0.2) is 5.11 Å². The van der Waals surface area contributed by atoms with Gasteiger partial charge in [0.2, 0.25) is 0 Å². The lowest BCUT2D eigenvalue weighted by atomic mass is 10.0. The maximum absolute atomic E-state index is 13.3. The number of furan rings is 1. The summed E-state index contributed by atoms with van der Waals surface area (Å²) in [5.74, 6) is 0.519. The third-order valence-corrected chi connectivity index (χ3v) is 5.20. The second-order valence-electron chi connectivity index (χ2n) is 6.77. The summed E-state index contributed by atoms with van der Waals surface area (Å²) in [6, 6.07) is 14.7. The van der Waals surface area contributed by atoms with Gasteiger partial charge in [-0.15, -0.1) is 0 Å². The first kappa shape index (κ1) is 20.0. The SMILES string of the molecule is CCOC(=O)CN1C(=S)N[C@@H](c2ccccn2)[C@H]1c1ccc(-c2ccc(F)cc2)o1. The second-order valence-corrected chi connectivity index (χ2v) is 7.16. The lowest BCUT2D eigenvalue weighted by Crippen LogP contribution is -2.35. The van der Waals surface area contributed by atoms with E-state index in [1.807, 2.05) is 30.3 Å². The molecule has 3 aromatic rings. The Morgan fingerprint density at radius 3 is 2.73 bits per heavy atom. The molecule has 0 aliphatic carbocycles. The van der Waals surface area contributed by atoms with Crippen molar-refractivity contribution in [1.29, 1.82) is 0 Å². The number of aromatic nitrogens is 1. The third-order valence-electron chi connectivity index (χ3n) is 4.85. The van der Waals surface area contributed by atoms with Gasteiger partial charge >= 0.3 is 5.97 Å². The van der Waals surface area contributed by atoms with Crippen LogP contribution in [0.25, 0.3) is 11.3 Å². The Hall–Kier alpha value is -3.26. The van der Waals surface area contributed by atoms with Crippen LogP contribution in [0.5, 0.6) is 0 Å². The predicted molar refractivity (Wildman–Crippen MR) is 113 cm³/mol. The normalized spacial score (nSPS) is 18.3. The van der Waals surface area contributed by atoms with E-state index in [2.05, 4.69) is 10.3 Å². The highest BCUT2D eigenvalue weighted by Crippen LogP contribution is 2.40. The molecule has 0 bridgehead atoms. The number of hydrogen-bond donors (Lipinski definition) is 1. The lowest BCUT2D eigenvalue weighted by molar-refractivity contribution is -0.143. The molecule has 1 aromatic carbocycles. The summed E-state index contributed by atoms with van der Waals surface area (Å²) in [5, 5.41) is 3.67. The number of carbonyl (C=O) groups excluding carboxylic acids is 1. The minimum atomic E-state index is -0.397. The summed E-state index contributed by atoms with van der Waals surface area (Å²) < 4.78 is 24.5. The zero-order chi connectivity index (χ0) is 21.1. The van der Waals surface area contributed by atoms with Gasteiger partial charge in [-0.2, -0.15) is 0 Å². The molecule has 3 heterocycles. The number of benzene rings is 1. The van der Waals surface area contributed by atoms with Gasteiger partial charge in [0, 0.05) is 11.8 Å². The fourth-order valence-electron chi connectivity index (χ4n) is 3.51. The van der Waals surface area contributed by atoms with Crippen LogP contribution in [0, 0.1) is 5.82 Å². The van der Waals surface area contributed by atoms with Crippen molar-refractivity contribution < 1.29 is 18.3 Å². The van der Waals surface area contributed by atoms with Crippen molar-refractivity contribution in [1.82, 2.24) is 15.2 Å². The molecule has 1 aliphatic rings.